The van der Waals surface area contributed by atoms with Crippen molar-refractivity contribution in [3.63, 3.8) is 0 Å². The van der Waals surface area contributed by atoms with Gasteiger partial charge < -0.3 is 0 Å². The number of allylic oxidation sites excluding steroid dienone is 3. The predicted molar refractivity (Wildman–Crippen MR) is 79.8 cm³/mol. The van der Waals surface area contributed by atoms with Gasteiger partial charge in [-0.2, -0.15) is 0 Å². The summed E-state index contributed by atoms with van der Waals surface area (Å²) in [6.45, 7) is 8.29. The lowest BCUT2D eigenvalue weighted by Gasteiger charge is -2.50. The molecule has 2 heteroatoms. The summed E-state index contributed by atoms with van der Waals surface area (Å²) in [7, 11) is 0. The van der Waals surface area contributed by atoms with Gasteiger partial charge in [-0.15, -0.1) is 6.58 Å². The Morgan fingerprint density at radius 2 is 2.28 bits per heavy atom. The number of fused-ring (bicyclic) bond motifs is 2. The van der Waals surface area contributed by atoms with Crippen molar-refractivity contribution in [3.05, 3.63) is 24.3 Å². The first-order valence-electron chi connectivity index (χ1n) is 6.95. The van der Waals surface area contributed by atoms with E-state index in [4.69, 9.17) is 0 Å². The largest absolute Gasteiger partial charge is 0.298 e. The van der Waals surface area contributed by atoms with Crippen molar-refractivity contribution < 1.29 is 4.79 Å². The zero-order valence-electron chi connectivity index (χ0n) is 11.4. The molecule has 4 atom stereocenters. The van der Waals surface area contributed by atoms with Gasteiger partial charge in [0.05, 0.1) is 0 Å². The molecule has 3 aliphatic carbocycles. The predicted octanol–water partition coefficient (Wildman–Crippen LogP) is 4.53. The second-order valence-electron chi connectivity index (χ2n) is 6.05. The molecular formula is C16H23BrO. The molecule has 1 fully saturated rings. The third-order valence-corrected chi connectivity index (χ3v) is 5.54. The first kappa shape index (κ1) is 14.0. The molecule has 0 aromatic carbocycles. The summed E-state index contributed by atoms with van der Waals surface area (Å²) in [5.74, 6) is 1.37. The number of Topliss-reactive ketones (excluding diaryl/α,β-unsaturated/α-hetero) is 1. The van der Waals surface area contributed by atoms with Crippen molar-refractivity contribution >= 4 is 21.7 Å². The summed E-state index contributed by atoms with van der Waals surface area (Å²) >= 11 is 3.47. The van der Waals surface area contributed by atoms with E-state index in [1.807, 2.05) is 6.08 Å². The second kappa shape index (κ2) is 5.32. The topological polar surface area (TPSA) is 17.1 Å². The molecule has 18 heavy (non-hydrogen) atoms. The van der Waals surface area contributed by atoms with E-state index in [0.29, 0.717) is 17.6 Å². The van der Waals surface area contributed by atoms with Crippen molar-refractivity contribution in [3.8, 4) is 0 Å². The summed E-state index contributed by atoms with van der Waals surface area (Å²) in [5, 5.41) is 1.04. The van der Waals surface area contributed by atoms with Crippen LogP contribution < -0.4 is 0 Å². The number of alkyl halides is 1. The highest BCUT2D eigenvalue weighted by molar-refractivity contribution is 9.09. The average molecular weight is 311 g/mol. The zero-order chi connectivity index (χ0) is 13.3. The van der Waals surface area contributed by atoms with Gasteiger partial charge in [0.25, 0.3) is 0 Å². The highest BCUT2D eigenvalue weighted by atomic mass is 79.9. The van der Waals surface area contributed by atoms with Crippen LogP contribution >= 0.6 is 15.9 Å². The van der Waals surface area contributed by atoms with E-state index in [9.17, 15) is 4.79 Å². The zero-order valence-corrected chi connectivity index (χ0v) is 13.0. The Bertz CT molecular complexity index is 385. The molecule has 1 saturated carbocycles. The van der Waals surface area contributed by atoms with Crippen molar-refractivity contribution in [1.82, 2.24) is 0 Å². The number of carbonyl (C=O) groups is 1. The molecule has 0 saturated heterocycles. The first-order valence-corrected chi connectivity index (χ1v) is 8.08. The maximum Gasteiger partial charge on any atom is 0.146 e. The monoisotopic (exact) mass is 310 g/mol. The highest BCUT2D eigenvalue weighted by Crippen LogP contribution is 2.54. The molecule has 0 aromatic heterocycles. The van der Waals surface area contributed by atoms with Gasteiger partial charge in [0, 0.05) is 16.7 Å². The lowest BCUT2D eigenvalue weighted by atomic mass is 9.52. The summed E-state index contributed by atoms with van der Waals surface area (Å²) < 4.78 is 0. The number of halogens is 1. The number of rotatable bonds is 5. The fourth-order valence-electron chi connectivity index (χ4n) is 3.84. The standard InChI is InChI=1S/C16H23BrO/c1-4-12-10-14-11(2)9-13(12)15(18)16(14,3)7-5-6-8-17/h4,9,12-14H,1,5-8,10H2,2-3H3/t12-,13?,14?,16+/m0/s1. The number of unbranched alkanes of at least 4 members (excludes halogenated alkanes) is 1. The molecule has 0 aromatic rings. The van der Waals surface area contributed by atoms with Crippen molar-refractivity contribution in [2.24, 2.45) is 23.2 Å². The van der Waals surface area contributed by atoms with Crippen molar-refractivity contribution in [2.45, 2.75) is 39.5 Å². The molecule has 0 radical (unpaired) electrons. The number of hydrogen-bond acceptors (Lipinski definition) is 1. The van der Waals surface area contributed by atoms with Crippen LogP contribution in [0.15, 0.2) is 24.3 Å². The quantitative estimate of drug-likeness (QED) is 0.414. The van der Waals surface area contributed by atoms with E-state index in [0.717, 1.165) is 31.0 Å². The second-order valence-corrected chi connectivity index (χ2v) is 6.85. The molecule has 1 nitrogen and oxygen atoms in total. The van der Waals surface area contributed by atoms with E-state index in [-0.39, 0.29) is 11.3 Å². The maximum absolute atomic E-state index is 12.7. The Labute approximate surface area is 119 Å². The van der Waals surface area contributed by atoms with Gasteiger partial charge in [-0.1, -0.05) is 47.0 Å². The lowest BCUT2D eigenvalue weighted by Crippen LogP contribution is -2.51. The van der Waals surface area contributed by atoms with Gasteiger partial charge in [0.15, 0.2) is 0 Å². The van der Waals surface area contributed by atoms with Gasteiger partial charge in [-0.3, -0.25) is 4.79 Å². The van der Waals surface area contributed by atoms with E-state index < -0.39 is 0 Å². The normalized spacial score (nSPS) is 38.7. The van der Waals surface area contributed by atoms with Crippen LogP contribution in [0.1, 0.15) is 39.5 Å². The van der Waals surface area contributed by atoms with Gasteiger partial charge in [-0.25, -0.2) is 0 Å². The third-order valence-electron chi connectivity index (χ3n) is 4.98. The van der Waals surface area contributed by atoms with Crippen molar-refractivity contribution in [1.29, 1.82) is 0 Å². The third kappa shape index (κ3) is 2.13. The molecule has 0 aliphatic heterocycles. The smallest absolute Gasteiger partial charge is 0.146 e. The molecule has 100 valence electrons. The molecule has 2 bridgehead atoms. The lowest BCUT2D eigenvalue weighted by molar-refractivity contribution is -0.140. The van der Waals surface area contributed by atoms with Crippen LogP contribution in [0.5, 0.6) is 0 Å². The molecular weight excluding hydrogens is 288 g/mol. The Balaban J connectivity index is 2.22. The van der Waals surface area contributed by atoms with Crippen LogP contribution in [0.25, 0.3) is 0 Å². The minimum atomic E-state index is -0.120. The minimum Gasteiger partial charge on any atom is -0.298 e. The van der Waals surface area contributed by atoms with Gasteiger partial charge in [0.2, 0.25) is 0 Å². The summed E-state index contributed by atoms with van der Waals surface area (Å²) in [6.07, 6.45) is 8.64. The fraction of sp³-hybridized carbons (Fsp3) is 0.688. The summed E-state index contributed by atoms with van der Waals surface area (Å²) in [5.41, 5.74) is 1.31. The molecule has 0 amide bonds. The molecule has 0 N–H and O–H groups in total. The Kier molecular flexibility index (Phi) is 4.15. The van der Waals surface area contributed by atoms with Gasteiger partial charge in [-0.05, 0) is 38.0 Å². The van der Waals surface area contributed by atoms with E-state index >= 15 is 0 Å². The molecule has 2 unspecified atom stereocenters. The van der Waals surface area contributed by atoms with E-state index in [2.05, 4.69) is 42.4 Å². The minimum absolute atomic E-state index is 0.0986. The highest BCUT2D eigenvalue weighted by Gasteiger charge is 2.53. The summed E-state index contributed by atoms with van der Waals surface area (Å²) in [6, 6.07) is 0. The van der Waals surface area contributed by atoms with Gasteiger partial charge in [0.1, 0.15) is 5.78 Å². The number of hydrogen-bond donors (Lipinski definition) is 0. The Morgan fingerprint density at radius 1 is 1.56 bits per heavy atom. The first-order chi connectivity index (χ1) is 8.54. The van der Waals surface area contributed by atoms with Crippen LogP contribution in [-0.4, -0.2) is 11.1 Å². The average Bonchev–Trinajstić information content (AvgIpc) is 2.36. The van der Waals surface area contributed by atoms with E-state index in [1.165, 1.54) is 5.57 Å². The van der Waals surface area contributed by atoms with Crippen LogP contribution in [0.2, 0.25) is 0 Å². The SMILES string of the molecule is C=C[C@H]1CC2C(C)=CC1C(=O)[C@]2(C)CCCCBr. The fourth-order valence-corrected chi connectivity index (χ4v) is 4.24. The van der Waals surface area contributed by atoms with Crippen molar-refractivity contribution in [2.75, 3.05) is 5.33 Å². The maximum atomic E-state index is 12.7. The number of carbonyl (C=O) groups excluding carboxylic acids is 1. The Hall–Kier alpha value is -0.370. The molecule has 0 heterocycles. The van der Waals surface area contributed by atoms with Crippen LogP contribution in [0.4, 0.5) is 0 Å². The van der Waals surface area contributed by atoms with Crippen LogP contribution in [-0.2, 0) is 4.79 Å². The molecule has 3 rings (SSSR count). The van der Waals surface area contributed by atoms with Gasteiger partial charge >= 0.3 is 0 Å². The van der Waals surface area contributed by atoms with Crippen LogP contribution in [0.3, 0.4) is 0 Å². The molecule has 0 spiro atoms. The molecule has 3 aliphatic rings. The van der Waals surface area contributed by atoms with Crippen LogP contribution in [0, 0.1) is 23.2 Å². The number of ketones is 1. The van der Waals surface area contributed by atoms with E-state index in [1.54, 1.807) is 0 Å². The Morgan fingerprint density at radius 3 is 2.89 bits per heavy atom. The summed E-state index contributed by atoms with van der Waals surface area (Å²) in [4.78, 5) is 12.7.